The smallest absolute Gasteiger partial charge is 0.434 e. The number of pyridine rings is 2. The largest absolute Gasteiger partial charge is 0.462 e. The molecular formula is C32H36F3N7O4S. The highest BCUT2D eigenvalue weighted by molar-refractivity contribution is 7.13. The van der Waals surface area contributed by atoms with Gasteiger partial charge in [-0.05, 0) is 44.2 Å². The summed E-state index contributed by atoms with van der Waals surface area (Å²) in [5, 5.41) is 6.49. The van der Waals surface area contributed by atoms with E-state index in [0.29, 0.717) is 42.7 Å². The van der Waals surface area contributed by atoms with Gasteiger partial charge in [-0.15, -0.1) is 11.3 Å². The summed E-state index contributed by atoms with van der Waals surface area (Å²) in [6.45, 7) is 8.98. The van der Waals surface area contributed by atoms with E-state index in [4.69, 9.17) is 4.74 Å². The molecule has 1 fully saturated rings. The molecule has 250 valence electrons. The molecule has 1 aromatic carbocycles. The second kappa shape index (κ2) is 14.6. The lowest BCUT2D eigenvalue weighted by atomic mass is 9.99. The highest BCUT2D eigenvalue weighted by Gasteiger charge is 2.34. The Bertz CT molecular complexity index is 1820. The quantitative estimate of drug-likeness (QED) is 0.222. The molecule has 0 radical (unpaired) electrons. The molecule has 47 heavy (non-hydrogen) atoms. The van der Waals surface area contributed by atoms with Gasteiger partial charge in [0.25, 0.3) is 0 Å². The van der Waals surface area contributed by atoms with Gasteiger partial charge in [-0.2, -0.15) is 13.2 Å². The van der Waals surface area contributed by atoms with Crippen LogP contribution >= 0.6 is 11.3 Å². The van der Waals surface area contributed by atoms with Crippen molar-refractivity contribution in [1.82, 2.24) is 29.7 Å². The van der Waals surface area contributed by atoms with Crippen molar-refractivity contribution in [3.05, 3.63) is 63.5 Å². The van der Waals surface area contributed by atoms with Crippen LogP contribution in [0, 0.1) is 0 Å². The SMILES string of the molecule is CCCNC(=O)Nc1cc(-c2nc(C(F)(F)F)cs2)c(-c2ccc3c(c2)c(=O)c(C(=O)OCC)cn3CCN2CCN(C)CC2)cn1. The number of amides is 2. The van der Waals surface area contributed by atoms with Crippen LogP contribution in [0.3, 0.4) is 0 Å². The number of nitrogens with zero attached hydrogens (tertiary/aromatic N) is 5. The molecule has 1 aliphatic rings. The van der Waals surface area contributed by atoms with Crippen molar-refractivity contribution < 1.29 is 27.5 Å². The Balaban J connectivity index is 1.60. The number of carbonyl (C=O) groups excluding carboxylic acids is 2. The van der Waals surface area contributed by atoms with Crippen molar-refractivity contribution in [1.29, 1.82) is 0 Å². The average molecular weight is 672 g/mol. The van der Waals surface area contributed by atoms with Gasteiger partial charge in [-0.1, -0.05) is 13.0 Å². The lowest BCUT2D eigenvalue weighted by molar-refractivity contribution is -0.140. The van der Waals surface area contributed by atoms with Crippen molar-refractivity contribution in [2.45, 2.75) is 33.0 Å². The Morgan fingerprint density at radius 3 is 2.51 bits per heavy atom. The summed E-state index contributed by atoms with van der Waals surface area (Å²) >= 11 is 0.799. The maximum Gasteiger partial charge on any atom is 0.434 e. The summed E-state index contributed by atoms with van der Waals surface area (Å²) in [6, 6.07) is 6.04. The molecule has 0 atom stereocenters. The second-order valence-corrected chi connectivity index (χ2v) is 12.1. The van der Waals surface area contributed by atoms with Crippen LogP contribution in [0.5, 0.6) is 0 Å². The molecule has 0 spiro atoms. The van der Waals surface area contributed by atoms with E-state index in [-0.39, 0.29) is 33.9 Å². The van der Waals surface area contributed by atoms with Crippen molar-refractivity contribution in [2.75, 3.05) is 58.2 Å². The van der Waals surface area contributed by atoms with Gasteiger partial charge in [0, 0.05) is 80.1 Å². The lowest BCUT2D eigenvalue weighted by Crippen LogP contribution is -2.45. The first kappa shape index (κ1) is 34.0. The summed E-state index contributed by atoms with van der Waals surface area (Å²) in [6.07, 6.45) is -0.988. The number of hydrogen-bond acceptors (Lipinski definition) is 9. The van der Waals surface area contributed by atoms with Gasteiger partial charge in [-0.25, -0.2) is 19.6 Å². The molecule has 3 aromatic heterocycles. The number of piperazine rings is 1. The molecule has 2 N–H and O–H groups in total. The van der Waals surface area contributed by atoms with Gasteiger partial charge >= 0.3 is 18.2 Å². The third-order valence-electron chi connectivity index (χ3n) is 7.85. The Kier molecular flexibility index (Phi) is 10.6. The van der Waals surface area contributed by atoms with Crippen LogP contribution in [0.2, 0.25) is 0 Å². The van der Waals surface area contributed by atoms with Crippen molar-refractivity contribution in [2.24, 2.45) is 0 Å². The number of thiazole rings is 1. The first-order valence-corrected chi connectivity index (χ1v) is 16.2. The van der Waals surface area contributed by atoms with Gasteiger partial charge in [0.2, 0.25) is 5.43 Å². The summed E-state index contributed by atoms with van der Waals surface area (Å²) < 4.78 is 47.6. The monoisotopic (exact) mass is 671 g/mol. The van der Waals surface area contributed by atoms with Gasteiger partial charge in [0.15, 0.2) is 5.69 Å². The van der Waals surface area contributed by atoms with Crippen LogP contribution in [0.25, 0.3) is 32.6 Å². The number of anilines is 1. The maximum absolute atomic E-state index is 13.7. The van der Waals surface area contributed by atoms with E-state index >= 15 is 0 Å². The van der Waals surface area contributed by atoms with Crippen molar-refractivity contribution in [3.8, 4) is 21.7 Å². The van der Waals surface area contributed by atoms with E-state index in [9.17, 15) is 27.6 Å². The number of nitrogens with one attached hydrogen (secondary N) is 2. The first-order valence-electron chi connectivity index (χ1n) is 15.3. The Labute approximate surface area is 273 Å². The molecule has 0 aliphatic carbocycles. The minimum atomic E-state index is -4.65. The third kappa shape index (κ3) is 7.97. The van der Waals surface area contributed by atoms with E-state index < -0.39 is 29.3 Å². The number of hydrogen-bond donors (Lipinski definition) is 2. The molecule has 2 amide bonds. The van der Waals surface area contributed by atoms with E-state index in [2.05, 4.69) is 37.4 Å². The highest BCUT2D eigenvalue weighted by Crippen LogP contribution is 2.39. The lowest BCUT2D eigenvalue weighted by Gasteiger charge is -2.32. The van der Waals surface area contributed by atoms with Gasteiger partial charge in [-0.3, -0.25) is 15.0 Å². The molecule has 0 bridgehead atoms. The van der Waals surface area contributed by atoms with Crippen LogP contribution in [-0.4, -0.2) is 89.3 Å². The van der Waals surface area contributed by atoms with Crippen LogP contribution in [0.4, 0.5) is 23.8 Å². The molecule has 0 saturated carbocycles. The zero-order chi connectivity index (χ0) is 33.7. The number of likely N-dealkylation sites (N-methyl/N-ethyl adjacent to an activating group) is 1. The predicted molar refractivity (Wildman–Crippen MR) is 175 cm³/mol. The first-order chi connectivity index (χ1) is 22.5. The summed E-state index contributed by atoms with van der Waals surface area (Å²) in [4.78, 5) is 51.7. The molecule has 11 nitrogen and oxygen atoms in total. The summed E-state index contributed by atoms with van der Waals surface area (Å²) in [5.74, 6) is -0.627. The van der Waals surface area contributed by atoms with Gasteiger partial charge < -0.3 is 19.5 Å². The fourth-order valence-electron chi connectivity index (χ4n) is 5.28. The predicted octanol–water partition coefficient (Wildman–Crippen LogP) is 5.16. The Morgan fingerprint density at radius 2 is 1.83 bits per heavy atom. The highest BCUT2D eigenvalue weighted by atomic mass is 32.1. The van der Waals surface area contributed by atoms with E-state index in [1.165, 1.54) is 18.5 Å². The molecule has 1 saturated heterocycles. The average Bonchev–Trinajstić information content (AvgIpc) is 3.56. The number of alkyl halides is 3. The van der Waals surface area contributed by atoms with Crippen LogP contribution in [0.1, 0.15) is 36.3 Å². The number of halogens is 3. The van der Waals surface area contributed by atoms with E-state index in [0.717, 1.165) is 42.9 Å². The minimum absolute atomic E-state index is 0.0525. The second-order valence-electron chi connectivity index (χ2n) is 11.2. The fraction of sp³-hybridized carbons (Fsp3) is 0.406. The zero-order valence-electron chi connectivity index (χ0n) is 26.3. The van der Waals surface area contributed by atoms with E-state index in [1.54, 1.807) is 25.1 Å². The van der Waals surface area contributed by atoms with E-state index in [1.807, 2.05) is 11.5 Å². The standard InChI is InChI=1S/C32H36F3N7O4S/c1-4-8-36-31(45)39-27-16-21(29-38-26(19-47-29)32(33,34)35)23(17-37-27)20-6-7-25-22(15-20)28(43)24(30(44)46-5-2)18-42(25)14-13-41-11-9-40(3)10-12-41/h6-7,15-19H,4-5,8-14H2,1-3H3,(H2,36,37,39,45). The molecule has 4 aromatic rings. The van der Waals surface area contributed by atoms with Crippen LogP contribution in [-0.2, 0) is 17.5 Å². The number of carbonyl (C=O) groups is 2. The number of rotatable bonds is 10. The van der Waals surface area contributed by atoms with Gasteiger partial charge in [0.05, 0.1) is 12.1 Å². The molecule has 15 heteroatoms. The number of esters is 1. The molecule has 0 unspecified atom stereocenters. The number of aromatic nitrogens is 3. The zero-order valence-corrected chi connectivity index (χ0v) is 27.1. The number of urea groups is 1. The summed E-state index contributed by atoms with van der Waals surface area (Å²) in [7, 11) is 2.08. The third-order valence-corrected chi connectivity index (χ3v) is 8.72. The number of fused-ring (bicyclic) bond motifs is 1. The molecule has 5 rings (SSSR count). The Hall–Kier alpha value is -4.34. The molecule has 1 aliphatic heterocycles. The normalized spacial score (nSPS) is 14.3. The van der Waals surface area contributed by atoms with Crippen LogP contribution < -0.4 is 16.1 Å². The number of benzene rings is 1. The van der Waals surface area contributed by atoms with Crippen molar-refractivity contribution >= 4 is 40.1 Å². The minimum Gasteiger partial charge on any atom is -0.462 e. The Morgan fingerprint density at radius 1 is 1.06 bits per heavy atom. The maximum atomic E-state index is 13.7. The topological polar surface area (TPSA) is 122 Å². The number of ether oxygens (including phenoxy) is 1. The summed E-state index contributed by atoms with van der Waals surface area (Å²) in [5.41, 5.74) is 0.0495. The molecular weight excluding hydrogens is 635 g/mol. The van der Waals surface area contributed by atoms with Crippen molar-refractivity contribution in [3.63, 3.8) is 0 Å². The van der Waals surface area contributed by atoms with Gasteiger partial charge in [0.1, 0.15) is 16.4 Å². The fourth-order valence-corrected chi connectivity index (χ4v) is 6.14. The molecule has 4 heterocycles. The van der Waals surface area contributed by atoms with Crippen LogP contribution in [0.15, 0.2) is 46.8 Å².